The number of halogens is 1. The van der Waals surface area contributed by atoms with Gasteiger partial charge in [0.15, 0.2) is 0 Å². The number of hydrogen-bond acceptors (Lipinski definition) is 6. The van der Waals surface area contributed by atoms with Gasteiger partial charge in [-0.3, -0.25) is 14.6 Å². The molecular weight excluding hydrogens is 403 g/mol. The number of rotatable bonds is 8. The first-order chi connectivity index (χ1) is 15.0. The van der Waals surface area contributed by atoms with E-state index < -0.39 is 17.6 Å². The van der Waals surface area contributed by atoms with E-state index in [1.807, 2.05) is 0 Å². The monoisotopic (exact) mass is 424 g/mol. The fourth-order valence-corrected chi connectivity index (χ4v) is 2.70. The third kappa shape index (κ3) is 5.53. The molecule has 8 nitrogen and oxygen atoms in total. The molecule has 0 saturated heterocycles. The molecule has 3 aromatic rings. The molecule has 0 fully saturated rings. The fraction of sp³-hybridized carbons (Fsp3) is 0.182. The normalized spacial score (nSPS) is 10.3. The van der Waals surface area contributed by atoms with Crippen LogP contribution < -0.4 is 20.1 Å². The lowest BCUT2D eigenvalue weighted by atomic mass is 10.2. The van der Waals surface area contributed by atoms with Crippen LogP contribution in [0.1, 0.15) is 34.7 Å². The highest BCUT2D eigenvalue weighted by Crippen LogP contribution is 2.37. The Morgan fingerprint density at radius 1 is 0.903 bits per heavy atom. The number of benzene rings is 2. The van der Waals surface area contributed by atoms with Crippen molar-refractivity contribution in [1.29, 1.82) is 0 Å². The van der Waals surface area contributed by atoms with Gasteiger partial charge in [-0.25, -0.2) is 9.37 Å². The second-order valence-corrected chi connectivity index (χ2v) is 6.22. The molecule has 2 aromatic carbocycles. The topological polar surface area (TPSA) is 102 Å². The summed E-state index contributed by atoms with van der Waals surface area (Å²) in [5.74, 6) is -0.693. The van der Waals surface area contributed by atoms with Gasteiger partial charge < -0.3 is 20.1 Å². The van der Waals surface area contributed by atoms with Crippen molar-refractivity contribution < 1.29 is 23.5 Å². The Hall–Kier alpha value is -4.01. The molecule has 2 amide bonds. The predicted octanol–water partition coefficient (Wildman–Crippen LogP) is 3.92. The zero-order chi connectivity index (χ0) is 22.2. The molecule has 9 heteroatoms. The summed E-state index contributed by atoms with van der Waals surface area (Å²) in [4.78, 5) is 32.9. The van der Waals surface area contributed by atoms with Gasteiger partial charge in [0.25, 0.3) is 11.8 Å². The van der Waals surface area contributed by atoms with Crippen molar-refractivity contribution in [1.82, 2.24) is 9.97 Å². The fourth-order valence-electron chi connectivity index (χ4n) is 2.70. The van der Waals surface area contributed by atoms with Gasteiger partial charge in [0.05, 0.1) is 30.8 Å². The molecule has 3 rings (SSSR count). The molecule has 0 atom stereocenters. The van der Waals surface area contributed by atoms with Crippen molar-refractivity contribution in [3.8, 4) is 11.5 Å². The minimum Gasteiger partial charge on any atom is -0.492 e. The highest BCUT2D eigenvalue weighted by atomic mass is 19.1. The van der Waals surface area contributed by atoms with Gasteiger partial charge in [0.1, 0.15) is 23.0 Å². The molecule has 0 aliphatic carbocycles. The summed E-state index contributed by atoms with van der Waals surface area (Å²) in [6.07, 6.45) is 4.22. The van der Waals surface area contributed by atoms with Crippen LogP contribution in [0.4, 0.5) is 15.8 Å². The third-order valence-corrected chi connectivity index (χ3v) is 4.08. The summed E-state index contributed by atoms with van der Waals surface area (Å²) in [5.41, 5.74) is 1.11. The zero-order valence-electron chi connectivity index (χ0n) is 17.0. The van der Waals surface area contributed by atoms with Crippen LogP contribution in [0.5, 0.6) is 11.5 Å². The SMILES string of the molecule is CCOc1cc(NC(=O)c2cnccn2)c(OCC)cc1NC(=O)c1ccc(F)cc1. The predicted molar refractivity (Wildman–Crippen MR) is 113 cm³/mol. The molecule has 2 N–H and O–H groups in total. The number of aromatic nitrogens is 2. The van der Waals surface area contributed by atoms with Crippen molar-refractivity contribution in [3.63, 3.8) is 0 Å². The first-order valence-electron chi connectivity index (χ1n) is 9.59. The molecule has 1 aromatic heterocycles. The van der Waals surface area contributed by atoms with E-state index in [1.165, 1.54) is 42.9 Å². The van der Waals surface area contributed by atoms with Crippen LogP contribution in [0.15, 0.2) is 55.0 Å². The second-order valence-electron chi connectivity index (χ2n) is 6.22. The van der Waals surface area contributed by atoms with Crippen molar-refractivity contribution in [2.45, 2.75) is 13.8 Å². The molecule has 0 spiro atoms. The van der Waals surface area contributed by atoms with Crippen LogP contribution in [0, 0.1) is 5.82 Å². The maximum Gasteiger partial charge on any atom is 0.275 e. The average molecular weight is 424 g/mol. The van der Waals surface area contributed by atoms with Crippen molar-refractivity contribution in [2.75, 3.05) is 23.8 Å². The van der Waals surface area contributed by atoms with Crippen LogP contribution in [0.25, 0.3) is 0 Å². The Morgan fingerprint density at radius 2 is 1.48 bits per heavy atom. The molecule has 0 aliphatic rings. The number of nitrogens with zero attached hydrogens (tertiary/aromatic N) is 2. The average Bonchev–Trinajstić information content (AvgIpc) is 2.77. The summed E-state index contributed by atoms with van der Waals surface area (Å²) in [6, 6.07) is 8.28. The Bertz CT molecular complexity index is 1060. The minimum atomic E-state index is -0.473. The lowest BCUT2D eigenvalue weighted by Crippen LogP contribution is -2.16. The van der Waals surface area contributed by atoms with Crippen LogP contribution in [0.3, 0.4) is 0 Å². The minimum absolute atomic E-state index is 0.136. The zero-order valence-corrected chi connectivity index (χ0v) is 17.0. The summed E-state index contributed by atoms with van der Waals surface area (Å²) >= 11 is 0. The largest absolute Gasteiger partial charge is 0.492 e. The Kier molecular flexibility index (Phi) is 7.10. The van der Waals surface area contributed by atoms with E-state index in [0.717, 1.165) is 0 Å². The first kappa shape index (κ1) is 21.7. The van der Waals surface area contributed by atoms with E-state index in [9.17, 15) is 14.0 Å². The van der Waals surface area contributed by atoms with E-state index in [4.69, 9.17) is 9.47 Å². The highest BCUT2D eigenvalue weighted by molar-refractivity contribution is 6.06. The van der Waals surface area contributed by atoms with Gasteiger partial charge in [0, 0.05) is 30.1 Å². The maximum atomic E-state index is 13.1. The van der Waals surface area contributed by atoms with E-state index in [1.54, 1.807) is 26.0 Å². The molecule has 0 radical (unpaired) electrons. The van der Waals surface area contributed by atoms with Gasteiger partial charge in [-0.15, -0.1) is 0 Å². The van der Waals surface area contributed by atoms with Crippen LogP contribution >= 0.6 is 0 Å². The summed E-state index contributed by atoms with van der Waals surface area (Å²) in [7, 11) is 0. The molecule has 160 valence electrons. The molecule has 0 unspecified atom stereocenters. The maximum absolute atomic E-state index is 13.1. The quantitative estimate of drug-likeness (QED) is 0.568. The van der Waals surface area contributed by atoms with E-state index in [0.29, 0.717) is 36.1 Å². The van der Waals surface area contributed by atoms with Crippen LogP contribution in [0.2, 0.25) is 0 Å². The van der Waals surface area contributed by atoms with Crippen molar-refractivity contribution in [3.05, 3.63) is 72.1 Å². The Morgan fingerprint density at radius 3 is 2.00 bits per heavy atom. The highest BCUT2D eigenvalue weighted by Gasteiger charge is 2.18. The Labute approximate surface area is 178 Å². The van der Waals surface area contributed by atoms with Gasteiger partial charge in [-0.05, 0) is 38.1 Å². The van der Waals surface area contributed by atoms with Crippen LogP contribution in [-0.2, 0) is 0 Å². The first-order valence-corrected chi connectivity index (χ1v) is 9.59. The number of ether oxygens (including phenoxy) is 2. The number of carbonyl (C=O) groups is 2. The van der Waals surface area contributed by atoms with Gasteiger partial charge in [-0.2, -0.15) is 0 Å². The number of nitrogens with one attached hydrogen (secondary N) is 2. The van der Waals surface area contributed by atoms with Gasteiger partial charge >= 0.3 is 0 Å². The molecule has 0 bridgehead atoms. The third-order valence-electron chi connectivity index (χ3n) is 4.08. The van der Waals surface area contributed by atoms with E-state index >= 15 is 0 Å². The van der Waals surface area contributed by atoms with Crippen LogP contribution in [-0.4, -0.2) is 35.0 Å². The molecule has 1 heterocycles. The standard InChI is InChI=1S/C22H21FN4O4/c1-3-30-19-12-17(27-22(29)18-13-24-9-10-25-18)20(31-4-2)11-16(19)26-21(28)14-5-7-15(23)8-6-14/h5-13H,3-4H2,1-2H3,(H,26,28)(H,27,29). The molecular formula is C22H21FN4O4. The second kappa shape index (κ2) is 10.1. The van der Waals surface area contributed by atoms with Crippen molar-refractivity contribution in [2.24, 2.45) is 0 Å². The smallest absolute Gasteiger partial charge is 0.275 e. The molecule has 0 aliphatic heterocycles. The van der Waals surface area contributed by atoms with E-state index in [-0.39, 0.29) is 11.3 Å². The van der Waals surface area contributed by atoms with Gasteiger partial charge in [0.2, 0.25) is 0 Å². The van der Waals surface area contributed by atoms with Gasteiger partial charge in [-0.1, -0.05) is 0 Å². The lowest BCUT2D eigenvalue weighted by molar-refractivity contribution is 0.101. The number of carbonyl (C=O) groups excluding carboxylic acids is 2. The Balaban J connectivity index is 1.92. The molecule has 0 saturated carbocycles. The number of amides is 2. The number of hydrogen-bond donors (Lipinski definition) is 2. The summed E-state index contributed by atoms with van der Waals surface area (Å²) in [5, 5.41) is 5.47. The van der Waals surface area contributed by atoms with E-state index in [2.05, 4.69) is 20.6 Å². The lowest BCUT2D eigenvalue weighted by Gasteiger charge is -2.17. The number of anilines is 2. The molecule has 31 heavy (non-hydrogen) atoms. The summed E-state index contributed by atoms with van der Waals surface area (Å²) in [6.45, 7) is 4.24. The van der Waals surface area contributed by atoms with Crippen molar-refractivity contribution >= 4 is 23.2 Å². The summed E-state index contributed by atoms with van der Waals surface area (Å²) < 4.78 is 24.4.